The highest BCUT2D eigenvalue weighted by Crippen LogP contribution is 2.10. The number of hydrogen-bond acceptors (Lipinski definition) is 2. The van der Waals surface area contributed by atoms with Crippen LogP contribution in [0.5, 0.6) is 0 Å². The lowest BCUT2D eigenvalue weighted by Gasteiger charge is -2.20. The molecule has 21 heavy (non-hydrogen) atoms. The van der Waals surface area contributed by atoms with Gasteiger partial charge in [-0.2, -0.15) is 0 Å². The monoisotopic (exact) mass is 290 g/mol. The third-order valence-electron chi connectivity index (χ3n) is 3.48. The fourth-order valence-corrected chi connectivity index (χ4v) is 2.06. The van der Waals surface area contributed by atoms with Gasteiger partial charge in [0.05, 0.1) is 0 Å². The summed E-state index contributed by atoms with van der Waals surface area (Å²) in [5.41, 5.74) is 2.05. The number of rotatable bonds is 8. The summed E-state index contributed by atoms with van der Waals surface area (Å²) in [6.07, 6.45) is 3.33. The molecule has 1 N–H and O–H groups in total. The second-order valence-corrected chi connectivity index (χ2v) is 5.21. The van der Waals surface area contributed by atoms with E-state index in [2.05, 4.69) is 19.2 Å². The molecular formula is C17H26N2O2. The minimum Gasteiger partial charge on any atom is -0.342 e. The van der Waals surface area contributed by atoms with E-state index in [1.165, 1.54) is 5.56 Å². The maximum atomic E-state index is 11.9. The van der Waals surface area contributed by atoms with Crippen LogP contribution in [0.25, 0.3) is 0 Å². The second-order valence-electron chi connectivity index (χ2n) is 5.21. The van der Waals surface area contributed by atoms with Crippen LogP contribution in [0.15, 0.2) is 24.3 Å². The molecular weight excluding hydrogens is 264 g/mol. The highest BCUT2D eigenvalue weighted by molar-refractivity contribution is 5.91. The van der Waals surface area contributed by atoms with Crippen molar-refractivity contribution in [2.75, 3.05) is 18.4 Å². The van der Waals surface area contributed by atoms with Crippen LogP contribution in [0.3, 0.4) is 0 Å². The first-order valence-corrected chi connectivity index (χ1v) is 7.71. The Morgan fingerprint density at radius 3 is 2.29 bits per heavy atom. The smallest absolute Gasteiger partial charge is 0.226 e. The van der Waals surface area contributed by atoms with Crippen LogP contribution in [0.4, 0.5) is 5.69 Å². The van der Waals surface area contributed by atoms with E-state index in [0.717, 1.165) is 31.5 Å². The molecule has 0 aliphatic carbocycles. The van der Waals surface area contributed by atoms with Gasteiger partial charge in [0.15, 0.2) is 0 Å². The summed E-state index contributed by atoms with van der Waals surface area (Å²) < 4.78 is 0. The van der Waals surface area contributed by atoms with Crippen molar-refractivity contribution in [1.29, 1.82) is 0 Å². The highest BCUT2D eigenvalue weighted by atomic mass is 16.2. The lowest BCUT2D eigenvalue weighted by Crippen LogP contribution is -2.32. The number of anilines is 1. The summed E-state index contributed by atoms with van der Waals surface area (Å²) in [7, 11) is 0. The number of unbranched alkanes of at least 4 members (excludes halogenated alkanes) is 1. The number of benzene rings is 1. The zero-order valence-electron chi connectivity index (χ0n) is 13.3. The summed E-state index contributed by atoms with van der Waals surface area (Å²) >= 11 is 0. The number of nitrogens with one attached hydrogen (secondary N) is 1. The summed E-state index contributed by atoms with van der Waals surface area (Å²) in [5, 5.41) is 2.87. The molecule has 116 valence electrons. The van der Waals surface area contributed by atoms with Gasteiger partial charge in [-0.3, -0.25) is 9.59 Å². The molecule has 4 nitrogen and oxygen atoms in total. The van der Waals surface area contributed by atoms with Gasteiger partial charge in [0.1, 0.15) is 0 Å². The maximum absolute atomic E-state index is 11.9. The van der Waals surface area contributed by atoms with Gasteiger partial charge in [-0.25, -0.2) is 0 Å². The molecule has 0 atom stereocenters. The Bertz CT molecular complexity index is 454. The predicted molar refractivity (Wildman–Crippen MR) is 86.2 cm³/mol. The van der Waals surface area contributed by atoms with E-state index in [9.17, 15) is 9.59 Å². The fraction of sp³-hybridized carbons (Fsp3) is 0.529. The number of aryl methyl sites for hydroxylation is 1. The van der Waals surface area contributed by atoms with Crippen molar-refractivity contribution in [3.63, 3.8) is 0 Å². The number of nitrogens with zero attached hydrogens (tertiary/aromatic N) is 1. The van der Waals surface area contributed by atoms with Gasteiger partial charge < -0.3 is 10.2 Å². The predicted octanol–water partition coefficient (Wildman–Crippen LogP) is 3.23. The van der Waals surface area contributed by atoms with E-state index in [4.69, 9.17) is 0 Å². The van der Waals surface area contributed by atoms with Crippen molar-refractivity contribution >= 4 is 17.5 Å². The van der Waals surface area contributed by atoms with Gasteiger partial charge in [0.2, 0.25) is 11.8 Å². The maximum Gasteiger partial charge on any atom is 0.226 e. The van der Waals surface area contributed by atoms with Crippen molar-refractivity contribution in [1.82, 2.24) is 4.90 Å². The van der Waals surface area contributed by atoms with Crippen molar-refractivity contribution in [3.05, 3.63) is 29.8 Å². The highest BCUT2D eigenvalue weighted by Gasteiger charge is 2.10. The van der Waals surface area contributed by atoms with E-state index >= 15 is 0 Å². The van der Waals surface area contributed by atoms with E-state index in [1.807, 2.05) is 24.3 Å². The van der Waals surface area contributed by atoms with Crippen LogP contribution < -0.4 is 5.32 Å². The average Bonchev–Trinajstić information content (AvgIpc) is 2.47. The molecule has 0 radical (unpaired) electrons. The molecule has 0 aromatic heterocycles. The Morgan fingerprint density at radius 2 is 1.76 bits per heavy atom. The Balaban J connectivity index is 2.42. The molecule has 0 spiro atoms. The normalized spacial score (nSPS) is 10.2. The lowest BCUT2D eigenvalue weighted by molar-refractivity contribution is -0.129. The first-order chi connectivity index (χ1) is 10.1. The van der Waals surface area contributed by atoms with Gasteiger partial charge in [0.25, 0.3) is 0 Å². The second kappa shape index (κ2) is 9.16. The van der Waals surface area contributed by atoms with Crippen molar-refractivity contribution in [2.45, 2.75) is 46.5 Å². The number of carbonyl (C=O) groups excluding carboxylic acids is 2. The van der Waals surface area contributed by atoms with Crippen molar-refractivity contribution < 1.29 is 9.59 Å². The molecule has 0 aliphatic rings. The zero-order chi connectivity index (χ0) is 15.7. The standard InChI is InChI=1S/C17H26N2O2/c1-4-6-12-19(14(3)20)13-11-17(21)18-16-9-7-15(5-2)8-10-16/h7-10H,4-6,11-13H2,1-3H3,(H,18,21). The molecule has 0 heterocycles. The topological polar surface area (TPSA) is 49.4 Å². The third-order valence-corrected chi connectivity index (χ3v) is 3.48. The molecule has 1 rings (SSSR count). The van der Waals surface area contributed by atoms with Crippen molar-refractivity contribution in [3.8, 4) is 0 Å². The Morgan fingerprint density at radius 1 is 1.10 bits per heavy atom. The van der Waals surface area contributed by atoms with Crippen LogP contribution in [0.2, 0.25) is 0 Å². The molecule has 0 saturated heterocycles. The van der Waals surface area contributed by atoms with Crippen LogP contribution in [-0.4, -0.2) is 29.8 Å². The van der Waals surface area contributed by atoms with E-state index in [1.54, 1.807) is 11.8 Å². The SMILES string of the molecule is CCCCN(CCC(=O)Nc1ccc(CC)cc1)C(C)=O. The third kappa shape index (κ3) is 6.43. The molecule has 0 aliphatic heterocycles. The lowest BCUT2D eigenvalue weighted by atomic mass is 10.1. The number of amides is 2. The number of carbonyl (C=O) groups is 2. The number of hydrogen-bond donors (Lipinski definition) is 1. The summed E-state index contributed by atoms with van der Waals surface area (Å²) in [6, 6.07) is 7.85. The van der Waals surface area contributed by atoms with E-state index < -0.39 is 0 Å². The average molecular weight is 290 g/mol. The van der Waals surface area contributed by atoms with Gasteiger partial charge in [-0.05, 0) is 30.5 Å². The van der Waals surface area contributed by atoms with Crippen LogP contribution in [0.1, 0.15) is 45.6 Å². The van der Waals surface area contributed by atoms with Crippen LogP contribution >= 0.6 is 0 Å². The summed E-state index contributed by atoms with van der Waals surface area (Å²) in [4.78, 5) is 25.1. The molecule has 1 aromatic rings. The van der Waals surface area contributed by atoms with Gasteiger partial charge >= 0.3 is 0 Å². The molecule has 0 unspecified atom stereocenters. The fourth-order valence-electron chi connectivity index (χ4n) is 2.06. The molecule has 4 heteroatoms. The Kier molecular flexibility index (Phi) is 7.51. The summed E-state index contributed by atoms with van der Waals surface area (Å²) in [6.45, 7) is 6.95. The summed E-state index contributed by atoms with van der Waals surface area (Å²) in [5.74, 6) is -0.0226. The first kappa shape index (κ1) is 17.2. The van der Waals surface area contributed by atoms with Gasteiger partial charge in [-0.15, -0.1) is 0 Å². The molecule has 0 bridgehead atoms. The minimum absolute atomic E-state index is 0.0311. The Labute approximate surface area is 127 Å². The van der Waals surface area contributed by atoms with Gasteiger partial charge in [-0.1, -0.05) is 32.4 Å². The first-order valence-electron chi connectivity index (χ1n) is 7.71. The molecule has 2 amide bonds. The van der Waals surface area contributed by atoms with E-state index in [0.29, 0.717) is 13.0 Å². The van der Waals surface area contributed by atoms with Gasteiger partial charge in [0, 0.05) is 32.1 Å². The molecule has 0 saturated carbocycles. The molecule has 1 aromatic carbocycles. The Hall–Kier alpha value is -1.84. The van der Waals surface area contributed by atoms with E-state index in [-0.39, 0.29) is 11.8 Å². The largest absolute Gasteiger partial charge is 0.342 e. The van der Waals surface area contributed by atoms with Crippen LogP contribution in [0, 0.1) is 0 Å². The minimum atomic E-state index is -0.0537. The zero-order valence-corrected chi connectivity index (χ0v) is 13.3. The van der Waals surface area contributed by atoms with Crippen LogP contribution in [-0.2, 0) is 16.0 Å². The molecule has 0 fully saturated rings. The van der Waals surface area contributed by atoms with Crippen molar-refractivity contribution in [2.24, 2.45) is 0 Å². The quantitative estimate of drug-likeness (QED) is 0.799.